The number of hydrogen-bond donors (Lipinski definition) is 0. The molecule has 1 aliphatic carbocycles. The first-order valence-electron chi connectivity index (χ1n) is 5.68. The molecule has 2 unspecified atom stereocenters. The van der Waals surface area contributed by atoms with Gasteiger partial charge in [0, 0.05) is 12.1 Å². The van der Waals surface area contributed by atoms with Gasteiger partial charge in [0.2, 0.25) is 0 Å². The Morgan fingerprint density at radius 3 is 2.46 bits per heavy atom. The van der Waals surface area contributed by atoms with Crippen molar-refractivity contribution in [2.75, 3.05) is 7.05 Å². The van der Waals surface area contributed by atoms with E-state index >= 15 is 0 Å². The van der Waals surface area contributed by atoms with Gasteiger partial charge < -0.3 is 4.90 Å². The molecule has 1 saturated carbocycles. The molecule has 0 aliphatic heterocycles. The first-order valence-corrected chi connectivity index (χ1v) is 5.68. The average Bonchev–Trinajstić information content (AvgIpc) is 2.43. The third-order valence-corrected chi connectivity index (χ3v) is 3.80. The molecule has 1 fully saturated rings. The molecule has 0 aromatic carbocycles. The zero-order chi connectivity index (χ0) is 10.1. The molecule has 0 amide bonds. The molecule has 1 rings (SSSR count). The number of hydrogen-bond acceptors (Lipinski definition) is 1. The molecule has 0 aromatic rings. The van der Waals surface area contributed by atoms with E-state index in [4.69, 9.17) is 0 Å². The summed E-state index contributed by atoms with van der Waals surface area (Å²) in [4.78, 5) is 2.58. The first-order chi connectivity index (χ1) is 5.96. The standard InChI is InChI=1S/C12H25N/c1-6-10(2)13(5)11-7-8-12(3,4)9-11/h10-11H,6-9H2,1-5H3. The fourth-order valence-electron chi connectivity index (χ4n) is 2.39. The molecule has 1 heteroatoms. The third kappa shape index (κ3) is 2.70. The normalized spacial score (nSPS) is 29.5. The van der Waals surface area contributed by atoms with Gasteiger partial charge in [-0.2, -0.15) is 0 Å². The summed E-state index contributed by atoms with van der Waals surface area (Å²) in [6.07, 6.45) is 5.45. The fraction of sp³-hybridized carbons (Fsp3) is 1.00. The quantitative estimate of drug-likeness (QED) is 0.649. The van der Waals surface area contributed by atoms with Gasteiger partial charge in [-0.3, -0.25) is 0 Å². The van der Waals surface area contributed by atoms with Crippen LogP contribution in [0.25, 0.3) is 0 Å². The Kier molecular flexibility index (Phi) is 3.39. The van der Waals surface area contributed by atoms with Crippen molar-refractivity contribution in [1.29, 1.82) is 0 Å². The maximum absolute atomic E-state index is 2.58. The Morgan fingerprint density at radius 2 is 2.08 bits per heavy atom. The van der Waals surface area contributed by atoms with Crippen LogP contribution in [-0.4, -0.2) is 24.0 Å². The third-order valence-electron chi connectivity index (χ3n) is 3.80. The van der Waals surface area contributed by atoms with Gasteiger partial charge in [0.05, 0.1) is 0 Å². The van der Waals surface area contributed by atoms with Crippen LogP contribution in [0.15, 0.2) is 0 Å². The van der Waals surface area contributed by atoms with Crippen LogP contribution >= 0.6 is 0 Å². The molecule has 78 valence electrons. The van der Waals surface area contributed by atoms with Gasteiger partial charge >= 0.3 is 0 Å². The SMILES string of the molecule is CCC(C)N(C)C1CCC(C)(C)C1. The molecule has 0 radical (unpaired) electrons. The van der Waals surface area contributed by atoms with Crippen LogP contribution in [0, 0.1) is 5.41 Å². The summed E-state index contributed by atoms with van der Waals surface area (Å²) in [5.41, 5.74) is 0.590. The van der Waals surface area contributed by atoms with Crippen molar-refractivity contribution in [3.63, 3.8) is 0 Å². The molecular weight excluding hydrogens is 158 g/mol. The summed E-state index contributed by atoms with van der Waals surface area (Å²) in [6.45, 7) is 9.42. The highest BCUT2D eigenvalue weighted by atomic mass is 15.2. The van der Waals surface area contributed by atoms with Crippen LogP contribution in [0.1, 0.15) is 53.4 Å². The minimum absolute atomic E-state index is 0.590. The zero-order valence-electron chi connectivity index (χ0n) is 9.93. The van der Waals surface area contributed by atoms with Crippen molar-refractivity contribution in [1.82, 2.24) is 4.90 Å². The van der Waals surface area contributed by atoms with Gasteiger partial charge in [-0.05, 0) is 45.1 Å². The lowest BCUT2D eigenvalue weighted by atomic mass is 9.91. The van der Waals surface area contributed by atoms with E-state index in [1.807, 2.05) is 0 Å². The maximum atomic E-state index is 2.58. The largest absolute Gasteiger partial charge is 0.301 e. The summed E-state index contributed by atoms with van der Waals surface area (Å²) in [5, 5.41) is 0. The predicted molar refractivity (Wildman–Crippen MR) is 58.9 cm³/mol. The van der Waals surface area contributed by atoms with Gasteiger partial charge in [-0.15, -0.1) is 0 Å². The highest BCUT2D eigenvalue weighted by Gasteiger charge is 2.33. The van der Waals surface area contributed by atoms with E-state index < -0.39 is 0 Å². The summed E-state index contributed by atoms with van der Waals surface area (Å²) in [7, 11) is 2.29. The van der Waals surface area contributed by atoms with Crippen molar-refractivity contribution >= 4 is 0 Å². The van der Waals surface area contributed by atoms with Gasteiger partial charge in [0.25, 0.3) is 0 Å². The highest BCUT2D eigenvalue weighted by molar-refractivity contribution is 4.88. The topological polar surface area (TPSA) is 3.24 Å². The molecule has 0 N–H and O–H groups in total. The zero-order valence-corrected chi connectivity index (χ0v) is 9.93. The predicted octanol–water partition coefficient (Wildman–Crippen LogP) is 3.30. The Bertz CT molecular complexity index is 163. The van der Waals surface area contributed by atoms with Crippen LogP contribution in [0.2, 0.25) is 0 Å². The van der Waals surface area contributed by atoms with Crippen LogP contribution < -0.4 is 0 Å². The summed E-state index contributed by atoms with van der Waals surface area (Å²) in [6, 6.07) is 1.59. The second kappa shape index (κ2) is 4.00. The molecule has 1 nitrogen and oxygen atoms in total. The fourth-order valence-corrected chi connectivity index (χ4v) is 2.39. The smallest absolute Gasteiger partial charge is 0.0100 e. The molecule has 0 heterocycles. The lowest BCUT2D eigenvalue weighted by Crippen LogP contribution is -2.37. The molecular formula is C12H25N. The lowest BCUT2D eigenvalue weighted by Gasteiger charge is -2.31. The van der Waals surface area contributed by atoms with Crippen molar-refractivity contribution < 1.29 is 0 Å². The molecule has 0 aromatic heterocycles. The van der Waals surface area contributed by atoms with Gasteiger partial charge in [0.15, 0.2) is 0 Å². The minimum atomic E-state index is 0.590. The van der Waals surface area contributed by atoms with Gasteiger partial charge in [-0.25, -0.2) is 0 Å². The first kappa shape index (κ1) is 11.0. The van der Waals surface area contributed by atoms with Crippen LogP contribution in [0.5, 0.6) is 0 Å². The van der Waals surface area contributed by atoms with E-state index in [2.05, 4.69) is 39.6 Å². The molecule has 0 spiro atoms. The van der Waals surface area contributed by atoms with Crippen molar-refractivity contribution in [3.8, 4) is 0 Å². The van der Waals surface area contributed by atoms with E-state index in [-0.39, 0.29) is 0 Å². The Morgan fingerprint density at radius 1 is 1.46 bits per heavy atom. The van der Waals surface area contributed by atoms with Crippen LogP contribution in [0.4, 0.5) is 0 Å². The molecule has 1 aliphatic rings. The van der Waals surface area contributed by atoms with E-state index in [0.29, 0.717) is 5.41 Å². The lowest BCUT2D eigenvalue weighted by molar-refractivity contribution is 0.171. The van der Waals surface area contributed by atoms with E-state index in [0.717, 1.165) is 12.1 Å². The van der Waals surface area contributed by atoms with Crippen LogP contribution in [-0.2, 0) is 0 Å². The summed E-state index contributed by atoms with van der Waals surface area (Å²) < 4.78 is 0. The van der Waals surface area contributed by atoms with Gasteiger partial charge in [-0.1, -0.05) is 20.8 Å². The Labute approximate surface area is 83.5 Å². The van der Waals surface area contributed by atoms with Crippen molar-refractivity contribution in [2.24, 2.45) is 5.41 Å². The van der Waals surface area contributed by atoms with E-state index in [1.54, 1.807) is 0 Å². The number of rotatable bonds is 3. The van der Waals surface area contributed by atoms with Gasteiger partial charge in [0.1, 0.15) is 0 Å². The number of nitrogens with zero attached hydrogens (tertiary/aromatic N) is 1. The maximum Gasteiger partial charge on any atom is 0.0100 e. The summed E-state index contributed by atoms with van der Waals surface area (Å²) in [5.74, 6) is 0. The second-order valence-corrected chi connectivity index (χ2v) is 5.48. The van der Waals surface area contributed by atoms with Crippen LogP contribution in [0.3, 0.4) is 0 Å². The highest BCUT2D eigenvalue weighted by Crippen LogP contribution is 2.39. The molecule has 13 heavy (non-hydrogen) atoms. The van der Waals surface area contributed by atoms with Crippen molar-refractivity contribution in [3.05, 3.63) is 0 Å². The monoisotopic (exact) mass is 183 g/mol. The molecule has 2 atom stereocenters. The summed E-state index contributed by atoms with van der Waals surface area (Å²) >= 11 is 0. The Balaban J connectivity index is 2.46. The van der Waals surface area contributed by atoms with Crippen molar-refractivity contribution in [2.45, 2.75) is 65.5 Å². The van der Waals surface area contributed by atoms with E-state index in [9.17, 15) is 0 Å². The molecule has 0 saturated heterocycles. The molecule has 0 bridgehead atoms. The average molecular weight is 183 g/mol. The Hall–Kier alpha value is -0.0400. The minimum Gasteiger partial charge on any atom is -0.301 e. The second-order valence-electron chi connectivity index (χ2n) is 5.48. The van der Waals surface area contributed by atoms with E-state index in [1.165, 1.54) is 25.7 Å².